The van der Waals surface area contributed by atoms with Crippen LogP contribution in [0.5, 0.6) is 0 Å². The first-order valence-electron chi connectivity index (χ1n) is 41.5. The Morgan fingerprint density at radius 1 is 0.388 bits per heavy atom. The van der Waals surface area contributed by atoms with E-state index >= 15 is 0 Å². The summed E-state index contributed by atoms with van der Waals surface area (Å²) in [5, 5.41) is 266. The van der Waals surface area contributed by atoms with Crippen LogP contribution in [0.15, 0.2) is 141 Å². The SMILES string of the molecule is CC[C@H](N=C(O)[C@H](CO)N=C(O)[C@H](CCCCN)N=C(O)[C@H](CCCNC(=N)N)N=C(O)[C@H](C)N=C(O)CN=C(O)[C@@H](N=C(O)[C@H](Cc1ccccc1)N=C(O)CN=C(O)CN=C(O)[C@@H](N)Cc1ccccc1)[C@@H](C)O)C(O)=N[C@@H](CCCNC(=N)N)C(O)=N[C@@H](CCCCN)C(O)=N[C@@H](CC(C)C)C(O)=N[C@@H](C)C(O)=N[C@@H](CC(=N)O)C(O)=N[C@@H](CCC(=N)O)C(=O)O. The normalized spacial score (nSPS) is 17.6. The number of nitrogens with one attached hydrogen (secondary N) is 6. The van der Waals surface area contributed by atoms with Crippen LogP contribution in [0, 0.1) is 27.6 Å². The van der Waals surface area contributed by atoms with Gasteiger partial charge in [-0.3, -0.25) is 21.6 Å². The van der Waals surface area contributed by atoms with Crippen molar-refractivity contribution in [3.05, 3.63) is 71.8 Å². The predicted molar refractivity (Wildman–Crippen MR) is 499 cm³/mol. The highest BCUT2D eigenvalue weighted by Gasteiger charge is 2.32. The molecule has 49 nitrogen and oxygen atoms in total. The van der Waals surface area contributed by atoms with E-state index in [1.54, 1.807) is 56.3 Å². The average molecular weight is 1820 g/mol. The molecule has 37 N–H and O–H groups in total. The molecule has 0 saturated heterocycles. The zero-order chi connectivity index (χ0) is 97.0. The van der Waals surface area contributed by atoms with Crippen LogP contribution < -0.4 is 39.3 Å². The number of aliphatic hydroxyl groups is 20. The predicted octanol–water partition coefficient (Wildman–Crippen LogP) is 4.87. The van der Waals surface area contributed by atoms with Gasteiger partial charge >= 0.3 is 5.97 Å². The minimum Gasteiger partial charge on any atom is -0.497 e. The van der Waals surface area contributed by atoms with Gasteiger partial charge in [0.05, 0.1) is 25.2 Å². The maximum atomic E-state index is 11.9. The third-order valence-corrected chi connectivity index (χ3v) is 18.4. The molecule has 15 atom stereocenters. The van der Waals surface area contributed by atoms with E-state index in [0.29, 0.717) is 18.4 Å². The van der Waals surface area contributed by atoms with Crippen molar-refractivity contribution in [1.82, 2.24) is 10.6 Å². The van der Waals surface area contributed by atoms with Crippen LogP contribution in [0.25, 0.3) is 0 Å². The first kappa shape index (κ1) is 112. The fourth-order valence-corrected chi connectivity index (χ4v) is 11.5. The zero-order valence-corrected chi connectivity index (χ0v) is 73.0. The number of hydrogen-bond acceptors (Lipinski definition) is 26. The molecule has 2 rings (SSSR count). The molecule has 0 saturated carbocycles. The molecule has 2 aromatic rings. The van der Waals surface area contributed by atoms with Gasteiger partial charge in [-0.15, -0.1) is 0 Å². The van der Waals surface area contributed by atoms with Crippen LogP contribution in [-0.2, 0) is 17.6 Å². The second-order valence-corrected chi connectivity index (χ2v) is 29.9. The van der Waals surface area contributed by atoms with E-state index in [1.165, 1.54) is 27.7 Å². The number of nitrogens with two attached hydrogens (primary N) is 5. The summed E-state index contributed by atoms with van der Waals surface area (Å²) in [4.78, 5) is 77.0. The Labute approximate surface area is 745 Å². The summed E-state index contributed by atoms with van der Waals surface area (Å²) in [5.41, 5.74) is 30.1. The van der Waals surface area contributed by atoms with Gasteiger partial charge in [0.15, 0.2) is 47.7 Å². The average Bonchev–Trinajstić information content (AvgIpc) is 0.854. The third-order valence-electron chi connectivity index (χ3n) is 18.4. The van der Waals surface area contributed by atoms with Gasteiger partial charge in [-0.2, -0.15) is 0 Å². The molecule has 49 heteroatoms. The number of aliphatic carboxylic acids is 1. The molecule has 0 aliphatic heterocycles. The smallest absolute Gasteiger partial charge is 0.328 e. The Kier molecular flexibility index (Phi) is 52.3. The van der Waals surface area contributed by atoms with E-state index in [-0.39, 0.29) is 109 Å². The Balaban J connectivity index is 2.71. The molecule has 0 heterocycles. The van der Waals surface area contributed by atoms with Crippen molar-refractivity contribution in [2.45, 2.75) is 241 Å². The molecule has 718 valence electrons. The second-order valence-electron chi connectivity index (χ2n) is 29.9. The summed E-state index contributed by atoms with van der Waals surface area (Å²) < 4.78 is 0. The number of hydrogen-bond donors (Lipinski definition) is 32. The minimum atomic E-state index is -1.82. The quantitative estimate of drug-likeness (QED) is 0.0238. The van der Waals surface area contributed by atoms with Crippen molar-refractivity contribution in [1.29, 1.82) is 21.6 Å². The van der Waals surface area contributed by atoms with Gasteiger partial charge in [0.2, 0.25) is 88.5 Å². The molecule has 0 aliphatic carbocycles. The maximum Gasteiger partial charge on any atom is 0.328 e. The van der Waals surface area contributed by atoms with Crippen molar-refractivity contribution >= 4 is 124 Å². The molecular weight excluding hydrogens is 1690 g/mol. The Bertz CT molecular complexity index is 4370. The van der Waals surface area contributed by atoms with Gasteiger partial charge in [0.1, 0.15) is 80.1 Å². The van der Waals surface area contributed by atoms with Gasteiger partial charge in [0, 0.05) is 25.9 Å². The Hall–Kier alpha value is -13.3. The molecule has 0 spiro atoms. The summed E-state index contributed by atoms with van der Waals surface area (Å²) in [6.45, 7) is 5.98. The van der Waals surface area contributed by atoms with E-state index in [4.69, 9.17) is 50.3 Å². The van der Waals surface area contributed by atoms with E-state index in [9.17, 15) is 112 Å². The number of carboxylic acid groups (broad SMARTS) is 1. The summed E-state index contributed by atoms with van der Waals surface area (Å²) in [7, 11) is 0. The number of carboxylic acids is 1. The first-order chi connectivity index (χ1) is 60.9. The van der Waals surface area contributed by atoms with Gasteiger partial charge in [-0.25, -0.2) is 84.7 Å². The number of unbranched alkanes of at least 4 members (excludes halogenated alkanes) is 2. The lowest BCUT2D eigenvalue weighted by molar-refractivity contribution is -0.138. The molecule has 0 fully saturated rings. The van der Waals surface area contributed by atoms with Crippen LogP contribution in [0.1, 0.15) is 149 Å². The number of rotatable bonds is 63. The first-order valence-corrected chi connectivity index (χ1v) is 41.5. The van der Waals surface area contributed by atoms with Crippen molar-refractivity contribution in [2.75, 3.05) is 52.4 Å². The molecule has 2 aromatic carbocycles. The molecular formula is C80H131N27O22. The van der Waals surface area contributed by atoms with Crippen molar-refractivity contribution < 1.29 is 112 Å². The van der Waals surface area contributed by atoms with E-state index in [2.05, 4.69) is 90.5 Å². The summed E-state index contributed by atoms with van der Waals surface area (Å²) in [6.07, 6.45) is -2.48. The Morgan fingerprint density at radius 3 is 1.22 bits per heavy atom. The van der Waals surface area contributed by atoms with Gasteiger partial charge in [0.25, 0.3) is 0 Å². The van der Waals surface area contributed by atoms with Gasteiger partial charge in [-0.1, -0.05) is 81.4 Å². The zero-order valence-electron chi connectivity index (χ0n) is 73.0. The summed E-state index contributed by atoms with van der Waals surface area (Å²) in [5.74, 6) is -17.8. The lowest BCUT2D eigenvalue weighted by Gasteiger charge is -2.20. The van der Waals surface area contributed by atoms with Crippen molar-refractivity contribution in [3.63, 3.8) is 0 Å². The van der Waals surface area contributed by atoms with Crippen LogP contribution >= 0.6 is 0 Å². The number of benzene rings is 2. The monoisotopic (exact) mass is 1820 g/mol. The highest BCUT2D eigenvalue weighted by molar-refractivity contribution is 5.97. The van der Waals surface area contributed by atoms with Gasteiger partial charge < -0.3 is 147 Å². The summed E-state index contributed by atoms with van der Waals surface area (Å²) in [6, 6.07) is -3.62. The molecule has 0 aromatic heterocycles. The Morgan fingerprint density at radius 2 is 0.767 bits per heavy atom. The van der Waals surface area contributed by atoms with E-state index < -0.39 is 260 Å². The molecule has 0 radical (unpaired) electrons. The highest BCUT2D eigenvalue weighted by atomic mass is 16.4. The minimum absolute atomic E-state index is 0.0220. The van der Waals surface area contributed by atoms with Gasteiger partial charge in [-0.05, 0) is 141 Å². The highest BCUT2D eigenvalue weighted by Crippen LogP contribution is 2.21. The molecule has 0 unspecified atom stereocenters. The largest absolute Gasteiger partial charge is 0.497 e. The number of guanidine groups is 2. The molecule has 0 bridgehead atoms. The topological polar surface area (TPSA) is 889 Å². The number of aliphatic hydroxyl groups excluding tert-OH is 20. The van der Waals surface area contributed by atoms with E-state index in [1.807, 2.05) is 18.2 Å². The number of carbonyl (C=O) groups is 1. The standard InChI is InChI=1S/C80H131N27O22/c1-7-49(68(118)100-53(27-19-33-91-80(88)89)70(120)101-50(24-14-16-30-81)71(121)105-55(34-42(2)3)73(123)96-44(5)66(116)104-57(37-60(85)111)74(124)103-54(78(128)129)28-29-59(84)110)98-76(126)58(41-108)106-72(122)51(25-15-17-31-82)102-69(119)52(26-18-32-90-79(86)87)99-65(115)43(4)95-62(113)40-94-77(127)64(45(6)109)107-75(125)56(36-47-22-12-9-13-23-47)97-63(114)39-92-61(112)38-93-67(117)48(83)35-46-20-10-8-11-21-46/h8-13,20-23,42-45,48-58,64,108-109H,7,14-19,24-41,81-83H2,1-6H3,(H2,84,110)(H2,85,111)(H,92,112)(H,93,117)(H,94,127)(H,95,113)(H,96,123)(H,97,114)(H,98,126)(H,99,115)(H,100,118)(H,101,120)(H,102,119)(H,103,124)(H,104,116)(H,105,121)(H,106,122)(H,107,125)(H,128,129)(H4,86,87,90)(H4,88,89,91)/t43-,44-,45+,48-,49-,50-,51-,52-,53-,54-,55-,56-,57-,58-,64-/m0/s1. The molecule has 0 aliphatic rings. The summed E-state index contributed by atoms with van der Waals surface area (Å²) >= 11 is 0. The van der Waals surface area contributed by atoms with Crippen LogP contribution in [0.2, 0.25) is 0 Å². The second kappa shape index (κ2) is 60.4. The van der Waals surface area contributed by atoms with Crippen LogP contribution in [-0.4, -0.2) is 374 Å². The lowest BCUT2D eigenvalue weighted by atomic mass is 10.0. The van der Waals surface area contributed by atoms with E-state index in [0.717, 1.165) is 5.56 Å². The fraction of sp³-hybridized carbons (Fsp3) is 0.588. The fourth-order valence-electron chi connectivity index (χ4n) is 11.5. The van der Waals surface area contributed by atoms with Crippen molar-refractivity contribution in [2.24, 2.45) is 114 Å². The molecule has 129 heavy (non-hydrogen) atoms. The van der Waals surface area contributed by atoms with Crippen LogP contribution in [0.4, 0.5) is 0 Å². The maximum absolute atomic E-state index is 11.9. The van der Waals surface area contributed by atoms with Crippen molar-refractivity contribution in [3.8, 4) is 0 Å². The third kappa shape index (κ3) is 45.6. The number of aliphatic imine (C=N–C) groups is 16. The number of nitrogens with zero attached hydrogens (tertiary/aromatic N) is 16. The molecule has 0 amide bonds. The van der Waals surface area contributed by atoms with Crippen LogP contribution in [0.3, 0.4) is 0 Å². The lowest BCUT2D eigenvalue weighted by Crippen LogP contribution is -2.34.